The quantitative estimate of drug-likeness (QED) is 0.326. The first-order valence-electron chi connectivity index (χ1n) is 12.1. The van der Waals surface area contributed by atoms with Crippen molar-refractivity contribution in [2.24, 2.45) is 5.92 Å². The molecular formula is C26H30ClN5O2S2. The number of fused-ring (bicyclic) bond motifs is 1. The third-order valence-corrected chi connectivity index (χ3v) is 9.09. The van der Waals surface area contributed by atoms with E-state index in [1.165, 1.54) is 28.0 Å². The highest BCUT2D eigenvalue weighted by molar-refractivity contribution is 7.99. The van der Waals surface area contributed by atoms with Crippen LogP contribution in [-0.4, -0.2) is 26.4 Å². The van der Waals surface area contributed by atoms with Gasteiger partial charge in [-0.05, 0) is 81.7 Å². The van der Waals surface area contributed by atoms with Crippen LogP contribution in [0.5, 0.6) is 5.75 Å². The number of anilines is 1. The fourth-order valence-corrected chi connectivity index (χ4v) is 6.78. The molecule has 4 rings (SSSR count). The number of nitrogens with zero attached hydrogens (tertiary/aromatic N) is 4. The fraction of sp³-hybridized carbons (Fsp3) is 0.462. The summed E-state index contributed by atoms with van der Waals surface area (Å²) in [4.78, 5) is 14.0. The molecule has 0 bridgehead atoms. The van der Waals surface area contributed by atoms with Gasteiger partial charge < -0.3 is 14.6 Å². The second-order valence-corrected chi connectivity index (χ2v) is 11.6. The van der Waals surface area contributed by atoms with Crippen molar-refractivity contribution < 1.29 is 9.53 Å². The van der Waals surface area contributed by atoms with E-state index in [1.807, 2.05) is 44.4 Å². The van der Waals surface area contributed by atoms with Crippen LogP contribution in [-0.2, 0) is 24.2 Å². The molecule has 2 unspecified atom stereocenters. The van der Waals surface area contributed by atoms with E-state index >= 15 is 0 Å². The van der Waals surface area contributed by atoms with E-state index in [4.69, 9.17) is 16.3 Å². The number of carbonyl (C=O) groups is 1. The minimum absolute atomic E-state index is 0.160. The van der Waals surface area contributed by atoms with Crippen molar-refractivity contribution in [2.75, 3.05) is 11.1 Å². The summed E-state index contributed by atoms with van der Waals surface area (Å²) in [5, 5.41) is 23.4. The van der Waals surface area contributed by atoms with Crippen LogP contribution in [0.15, 0.2) is 17.3 Å². The Morgan fingerprint density at radius 1 is 1.39 bits per heavy atom. The van der Waals surface area contributed by atoms with Crippen LogP contribution >= 0.6 is 34.7 Å². The molecule has 2 heterocycles. The average molecular weight is 544 g/mol. The maximum Gasteiger partial charge on any atom is 0.235 e. The monoisotopic (exact) mass is 543 g/mol. The van der Waals surface area contributed by atoms with E-state index in [0.29, 0.717) is 34.0 Å². The van der Waals surface area contributed by atoms with Gasteiger partial charge in [-0.1, -0.05) is 30.3 Å². The molecule has 2 atom stereocenters. The number of aromatic nitrogens is 3. The summed E-state index contributed by atoms with van der Waals surface area (Å²) in [6.45, 7) is 10.7. The Balaban J connectivity index is 1.42. The molecule has 0 radical (unpaired) electrons. The number of thiophene rings is 1. The molecule has 3 aromatic rings. The normalized spacial score (nSPS) is 15.8. The lowest BCUT2D eigenvalue weighted by atomic mass is 9.89. The van der Waals surface area contributed by atoms with E-state index in [1.54, 1.807) is 0 Å². The van der Waals surface area contributed by atoms with Crippen molar-refractivity contribution in [3.05, 3.63) is 50.1 Å². The number of rotatable bonds is 8. The minimum atomic E-state index is -0.335. The summed E-state index contributed by atoms with van der Waals surface area (Å²) in [6, 6.07) is 6.13. The first-order chi connectivity index (χ1) is 17.2. The number of benzene rings is 1. The Labute approximate surface area is 225 Å². The summed E-state index contributed by atoms with van der Waals surface area (Å²) < 4.78 is 8.11. The van der Waals surface area contributed by atoms with Crippen LogP contribution in [0, 0.1) is 31.1 Å². The largest absolute Gasteiger partial charge is 0.483 e. The molecule has 190 valence electrons. The molecule has 0 spiro atoms. The van der Waals surface area contributed by atoms with Crippen molar-refractivity contribution in [3.63, 3.8) is 0 Å². The molecular weight excluding hydrogens is 514 g/mol. The zero-order valence-electron chi connectivity index (χ0n) is 21.1. The highest BCUT2D eigenvalue weighted by Crippen LogP contribution is 2.39. The molecule has 0 saturated heterocycles. The zero-order chi connectivity index (χ0) is 26.0. The number of ether oxygens (including phenoxy) is 1. The van der Waals surface area contributed by atoms with Crippen LogP contribution in [0.2, 0.25) is 5.02 Å². The number of hydrogen-bond acceptors (Lipinski definition) is 7. The first kappa shape index (κ1) is 26.5. The Kier molecular flexibility index (Phi) is 8.28. The van der Waals surface area contributed by atoms with Gasteiger partial charge in [0.05, 0.1) is 11.3 Å². The van der Waals surface area contributed by atoms with E-state index < -0.39 is 0 Å². The van der Waals surface area contributed by atoms with E-state index in [0.717, 1.165) is 46.7 Å². The molecule has 2 aromatic heterocycles. The van der Waals surface area contributed by atoms with Crippen LogP contribution in [0.3, 0.4) is 0 Å². The number of aryl methyl sites for hydroxylation is 2. The molecule has 36 heavy (non-hydrogen) atoms. The average Bonchev–Trinajstić information content (AvgIpc) is 3.40. The van der Waals surface area contributed by atoms with Crippen LogP contribution in [0.25, 0.3) is 0 Å². The van der Waals surface area contributed by atoms with Gasteiger partial charge in [-0.3, -0.25) is 4.79 Å². The second kappa shape index (κ2) is 11.2. The van der Waals surface area contributed by atoms with Crippen molar-refractivity contribution in [3.8, 4) is 11.8 Å². The topological polar surface area (TPSA) is 92.8 Å². The molecule has 10 heteroatoms. The van der Waals surface area contributed by atoms with Gasteiger partial charge in [-0.2, -0.15) is 5.26 Å². The number of halogens is 1. The third-order valence-electron chi connectivity index (χ3n) is 6.36. The first-order valence-corrected chi connectivity index (χ1v) is 14.2. The molecule has 1 aromatic carbocycles. The molecule has 1 aliphatic rings. The van der Waals surface area contributed by atoms with E-state index in [9.17, 15) is 10.1 Å². The van der Waals surface area contributed by atoms with Gasteiger partial charge >= 0.3 is 0 Å². The Bertz CT molecular complexity index is 1300. The number of hydrogen-bond donors (Lipinski definition) is 1. The summed E-state index contributed by atoms with van der Waals surface area (Å²) in [6.07, 6.45) is 2.62. The Morgan fingerprint density at radius 3 is 2.78 bits per heavy atom. The lowest BCUT2D eigenvalue weighted by molar-refractivity contribution is -0.113. The molecule has 1 aliphatic carbocycles. The molecule has 7 nitrogen and oxygen atoms in total. The predicted molar refractivity (Wildman–Crippen MR) is 145 cm³/mol. The number of thioether (sulfide) groups is 1. The molecule has 0 fully saturated rings. The summed E-state index contributed by atoms with van der Waals surface area (Å²) in [7, 11) is 0. The van der Waals surface area contributed by atoms with Gasteiger partial charge in [-0.15, -0.1) is 21.5 Å². The number of amides is 1. The van der Waals surface area contributed by atoms with Crippen molar-refractivity contribution in [2.45, 2.75) is 71.7 Å². The van der Waals surface area contributed by atoms with Gasteiger partial charge in [0.15, 0.2) is 17.1 Å². The molecule has 0 saturated carbocycles. The lowest BCUT2D eigenvalue weighted by Gasteiger charge is -2.17. The minimum Gasteiger partial charge on any atom is -0.483 e. The van der Waals surface area contributed by atoms with Crippen LogP contribution in [0.4, 0.5) is 5.00 Å². The molecule has 0 aliphatic heterocycles. The Morgan fingerprint density at radius 2 is 2.11 bits per heavy atom. The highest BCUT2D eigenvalue weighted by Gasteiger charge is 2.25. The van der Waals surface area contributed by atoms with Gasteiger partial charge in [0.1, 0.15) is 16.8 Å². The maximum atomic E-state index is 12.8. The number of nitrogens with one attached hydrogen (secondary N) is 1. The van der Waals surface area contributed by atoms with Gasteiger partial charge in [0, 0.05) is 16.4 Å². The zero-order valence-corrected chi connectivity index (χ0v) is 23.5. The lowest BCUT2D eigenvalue weighted by Crippen LogP contribution is -2.15. The van der Waals surface area contributed by atoms with Crippen molar-refractivity contribution in [1.82, 2.24) is 14.8 Å². The summed E-state index contributed by atoms with van der Waals surface area (Å²) in [5.74, 6) is 2.04. The van der Waals surface area contributed by atoms with Gasteiger partial charge in [0.25, 0.3) is 0 Å². The third kappa shape index (κ3) is 5.56. The second-order valence-electron chi connectivity index (χ2n) is 9.22. The highest BCUT2D eigenvalue weighted by atomic mass is 35.5. The van der Waals surface area contributed by atoms with Crippen molar-refractivity contribution in [1.29, 1.82) is 5.26 Å². The molecule has 1 N–H and O–H groups in total. The number of nitriles is 1. The van der Waals surface area contributed by atoms with E-state index in [2.05, 4.69) is 28.5 Å². The van der Waals surface area contributed by atoms with Gasteiger partial charge in [-0.25, -0.2) is 0 Å². The van der Waals surface area contributed by atoms with Crippen LogP contribution < -0.4 is 10.1 Å². The predicted octanol–water partition coefficient (Wildman–Crippen LogP) is 6.50. The standard InChI is InChI=1S/C26H30ClN5O2S2/c1-6-32-24(17(5)34-18-10-15(3)23(27)16(4)11-18)30-31-26(32)35-13-22(33)29-25-20(12-28)19-8-7-14(2)9-21(19)36-25/h10-11,14,17H,6-9,13H2,1-5H3,(H,29,33). The van der Waals surface area contributed by atoms with Gasteiger partial charge in [0.2, 0.25) is 5.91 Å². The summed E-state index contributed by atoms with van der Waals surface area (Å²) in [5.41, 5.74) is 3.65. The maximum absolute atomic E-state index is 12.8. The molecule has 1 amide bonds. The summed E-state index contributed by atoms with van der Waals surface area (Å²) >= 11 is 9.14. The fourth-order valence-electron chi connectivity index (χ4n) is 4.49. The van der Waals surface area contributed by atoms with Crippen molar-refractivity contribution >= 4 is 45.6 Å². The van der Waals surface area contributed by atoms with E-state index in [-0.39, 0.29) is 17.8 Å². The smallest absolute Gasteiger partial charge is 0.235 e. The number of carbonyl (C=O) groups excluding carboxylic acids is 1. The Hall–Kier alpha value is -2.54. The van der Waals surface area contributed by atoms with Crippen LogP contribution in [0.1, 0.15) is 66.3 Å². The SMILES string of the molecule is CCn1c(SCC(=O)Nc2sc3c(c2C#N)CCC(C)C3)nnc1C(C)Oc1cc(C)c(Cl)c(C)c1.